The second-order valence-electron chi connectivity index (χ2n) is 8.63. The summed E-state index contributed by atoms with van der Waals surface area (Å²) in [6.45, 7) is 5.56. The van der Waals surface area contributed by atoms with Crippen LogP contribution >= 0.6 is 0 Å². The lowest BCUT2D eigenvalue weighted by atomic mass is 9.78. The molecule has 2 aliphatic heterocycles. The normalized spacial score (nSPS) is 36.5. The van der Waals surface area contributed by atoms with Gasteiger partial charge in [-0.1, -0.05) is 38.5 Å². The van der Waals surface area contributed by atoms with Crippen molar-refractivity contribution in [3.63, 3.8) is 0 Å². The maximum absolute atomic E-state index is 3.00. The van der Waals surface area contributed by atoms with Crippen molar-refractivity contribution in [3.05, 3.63) is 0 Å². The maximum Gasteiger partial charge on any atom is 0.0280 e. The third-order valence-electron chi connectivity index (χ3n) is 7.25. The Morgan fingerprint density at radius 2 is 1.36 bits per heavy atom. The predicted molar refractivity (Wildman–Crippen MR) is 93.1 cm³/mol. The van der Waals surface area contributed by atoms with Crippen LogP contribution in [0.2, 0.25) is 0 Å². The van der Waals surface area contributed by atoms with Crippen molar-refractivity contribution in [2.45, 2.75) is 89.1 Å². The van der Waals surface area contributed by atoms with Gasteiger partial charge < -0.3 is 0 Å². The molecular weight excluding hydrogens is 268 g/mol. The van der Waals surface area contributed by atoms with Gasteiger partial charge in [0.25, 0.3) is 0 Å². The molecule has 2 aliphatic carbocycles. The molecule has 4 fully saturated rings. The second kappa shape index (κ2) is 7.21. The van der Waals surface area contributed by atoms with Crippen LogP contribution in [0.3, 0.4) is 0 Å². The highest BCUT2D eigenvalue weighted by Gasteiger charge is 2.43. The van der Waals surface area contributed by atoms with Crippen molar-refractivity contribution in [2.24, 2.45) is 11.8 Å². The predicted octanol–water partition coefficient (Wildman–Crippen LogP) is 4.30. The monoisotopic (exact) mass is 304 g/mol. The molecule has 0 aromatic carbocycles. The Hall–Kier alpha value is -0.0800. The van der Waals surface area contributed by atoms with E-state index in [9.17, 15) is 0 Å². The fraction of sp³-hybridized carbons (Fsp3) is 1.00. The Morgan fingerprint density at radius 1 is 0.636 bits per heavy atom. The standard InChI is InChI=1S/C20H36N2/c1-3-8-17(9-4-1)16-22-15-14-21-13-7-12-19(21)20(22)18-10-5-2-6-11-18/h17-20H,1-16H2/t19-,20-/m1/s1. The summed E-state index contributed by atoms with van der Waals surface area (Å²) in [5, 5.41) is 0. The summed E-state index contributed by atoms with van der Waals surface area (Å²) in [4.78, 5) is 5.86. The van der Waals surface area contributed by atoms with E-state index in [-0.39, 0.29) is 0 Å². The zero-order chi connectivity index (χ0) is 14.8. The van der Waals surface area contributed by atoms with E-state index in [1.165, 1.54) is 103 Å². The molecule has 2 saturated heterocycles. The van der Waals surface area contributed by atoms with E-state index in [4.69, 9.17) is 0 Å². The van der Waals surface area contributed by atoms with Crippen LogP contribution in [0.5, 0.6) is 0 Å². The smallest absolute Gasteiger partial charge is 0.0280 e. The van der Waals surface area contributed by atoms with Gasteiger partial charge in [0.1, 0.15) is 0 Å². The molecule has 2 heterocycles. The molecule has 126 valence electrons. The topological polar surface area (TPSA) is 6.48 Å². The molecule has 2 atom stereocenters. The second-order valence-corrected chi connectivity index (χ2v) is 8.63. The highest BCUT2D eigenvalue weighted by molar-refractivity contribution is 4.99. The van der Waals surface area contributed by atoms with Gasteiger partial charge in [-0.05, 0) is 56.9 Å². The van der Waals surface area contributed by atoms with Crippen LogP contribution in [0.25, 0.3) is 0 Å². The molecule has 0 radical (unpaired) electrons. The molecule has 0 unspecified atom stereocenters. The minimum Gasteiger partial charge on any atom is -0.298 e. The average Bonchev–Trinajstić information content (AvgIpc) is 3.05. The van der Waals surface area contributed by atoms with E-state index >= 15 is 0 Å². The summed E-state index contributed by atoms with van der Waals surface area (Å²) in [6, 6.07) is 1.83. The van der Waals surface area contributed by atoms with Gasteiger partial charge in [-0.2, -0.15) is 0 Å². The van der Waals surface area contributed by atoms with Crippen LogP contribution in [-0.4, -0.2) is 48.1 Å². The number of nitrogens with zero attached hydrogens (tertiary/aromatic N) is 2. The van der Waals surface area contributed by atoms with Crippen molar-refractivity contribution in [1.29, 1.82) is 0 Å². The first-order chi connectivity index (χ1) is 10.9. The van der Waals surface area contributed by atoms with E-state index < -0.39 is 0 Å². The van der Waals surface area contributed by atoms with Gasteiger partial charge >= 0.3 is 0 Å². The van der Waals surface area contributed by atoms with Gasteiger partial charge in [-0.25, -0.2) is 0 Å². The van der Waals surface area contributed by atoms with Crippen molar-refractivity contribution in [1.82, 2.24) is 9.80 Å². The number of hydrogen-bond donors (Lipinski definition) is 0. The van der Waals surface area contributed by atoms with E-state index in [1.54, 1.807) is 0 Å². The summed E-state index contributed by atoms with van der Waals surface area (Å²) < 4.78 is 0. The molecule has 2 nitrogen and oxygen atoms in total. The van der Waals surface area contributed by atoms with E-state index in [0.717, 1.165) is 23.9 Å². The quantitative estimate of drug-likeness (QED) is 0.767. The summed E-state index contributed by atoms with van der Waals surface area (Å²) >= 11 is 0. The summed E-state index contributed by atoms with van der Waals surface area (Å²) in [6.07, 6.45) is 18.0. The number of fused-ring (bicyclic) bond motifs is 1. The third-order valence-corrected chi connectivity index (χ3v) is 7.25. The fourth-order valence-corrected chi connectivity index (χ4v) is 6.17. The van der Waals surface area contributed by atoms with Gasteiger partial charge in [-0.15, -0.1) is 0 Å². The molecule has 0 N–H and O–H groups in total. The van der Waals surface area contributed by atoms with Crippen LogP contribution in [-0.2, 0) is 0 Å². The first-order valence-electron chi connectivity index (χ1n) is 10.4. The molecular formula is C20H36N2. The summed E-state index contributed by atoms with van der Waals surface area (Å²) in [5.41, 5.74) is 0. The number of hydrogen-bond acceptors (Lipinski definition) is 2. The van der Waals surface area contributed by atoms with Gasteiger partial charge in [0, 0.05) is 31.7 Å². The Bertz CT molecular complexity index is 344. The first kappa shape index (κ1) is 15.4. The molecule has 0 bridgehead atoms. The molecule has 2 saturated carbocycles. The maximum atomic E-state index is 3.00. The Kier molecular flexibility index (Phi) is 5.07. The zero-order valence-corrected chi connectivity index (χ0v) is 14.5. The lowest BCUT2D eigenvalue weighted by Crippen LogP contribution is -2.60. The molecule has 0 amide bonds. The summed E-state index contributed by atoms with van der Waals surface area (Å²) in [5.74, 6) is 2.04. The molecule has 0 spiro atoms. The van der Waals surface area contributed by atoms with Crippen LogP contribution in [0.15, 0.2) is 0 Å². The molecule has 4 rings (SSSR count). The largest absolute Gasteiger partial charge is 0.298 e. The lowest BCUT2D eigenvalue weighted by molar-refractivity contribution is -0.01000. The average molecular weight is 305 g/mol. The minimum atomic E-state index is 0.915. The molecule has 2 heteroatoms. The van der Waals surface area contributed by atoms with Crippen molar-refractivity contribution in [2.75, 3.05) is 26.2 Å². The third kappa shape index (κ3) is 3.24. The zero-order valence-electron chi connectivity index (χ0n) is 14.5. The number of piperazine rings is 1. The van der Waals surface area contributed by atoms with Crippen molar-refractivity contribution >= 4 is 0 Å². The SMILES string of the molecule is C1CCC(CN2CCN3CCC[C@@H]3[C@H]2C2CCCCC2)CC1. The Labute approximate surface area is 137 Å². The molecule has 0 aromatic heterocycles. The fourth-order valence-electron chi connectivity index (χ4n) is 6.17. The van der Waals surface area contributed by atoms with Crippen LogP contribution in [0.4, 0.5) is 0 Å². The summed E-state index contributed by atoms with van der Waals surface area (Å²) in [7, 11) is 0. The van der Waals surface area contributed by atoms with Gasteiger partial charge in [0.15, 0.2) is 0 Å². The highest BCUT2D eigenvalue weighted by Crippen LogP contribution is 2.38. The molecule has 4 aliphatic rings. The Morgan fingerprint density at radius 3 is 2.14 bits per heavy atom. The van der Waals surface area contributed by atoms with Crippen molar-refractivity contribution in [3.8, 4) is 0 Å². The molecule has 0 aromatic rings. The van der Waals surface area contributed by atoms with Crippen LogP contribution in [0, 0.1) is 11.8 Å². The first-order valence-corrected chi connectivity index (χ1v) is 10.4. The van der Waals surface area contributed by atoms with Gasteiger partial charge in [-0.3, -0.25) is 9.80 Å². The van der Waals surface area contributed by atoms with Gasteiger partial charge in [0.2, 0.25) is 0 Å². The number of rotatable bonds is 3. The van der Waals surface area contributed by atoms with E-state index in [2.05, 4.69) is 9.80 Å². The van der Waals surface area contributed by atoms with Crippen LogP contribution in [0.1, 0.15) is 77.0 Å². The molecule has 22 heavy (non-hydrogen) atoms. The van der Waals surface area contributed by atoms with Crippen molar-refractivity contribution < 1.29 is 0 Å². The van der Waals surface area contributed by atoms with E-state index in [0.29, 0.717) is 0 Å². The Balaban J connectivity index is 1.46. The lowest BCUT2D eigenvalue weighted by Gasteiger charge is -2.50. The highest BCUT2D eigenvalue weighted by atomic mass is 15.3. The van der Waals surface area contributed by atoms with Crippen LogP contribution < -0.4 is 0 Å². The minimum absolute atomic E-state index is 0.915. The van der Waals surface area contributed by atoms with Gasteiger partial charge in [0.05, 0.1) is 0 Å². The van der Waals surface area contributed by atoms with E-state index in [1.807, 2.05) is 0 Å².